The molecule has 0 amide bonds. The molecule has 1 saturated heterocycles. The molecule has 0 atom stereocenters. The van der Waals surface area contributed by atoms with E-state index in [9.17, 15) is 0 Å². The molecule has 100 valence electrons. The number of hydrogen-bond acceptors (Lipinski definition) is 4. The highest BCUT2D eigenvalue weighted by molar-refractivity contribution is 5.16. The first kappa shape index (κ1) is 13.3. The van der Waals surface area contributed by atoms with Gasteiger partial charge in [-0.3, -0.25) is 4.90 Å². The van der Waals surface area contributed by atoms with E-state index in [4.69, 9.17) is 4.74 Å². The largest absolute Gasteiger partial charge is 0.462 e. The second kappa shape index (κ2) is 5.65. The molecule has 0 saturated carbocycles. The Labute approximate surface area is 109 Å². The molecule has 0 N–H and O–H groups in total. The minimum absolute atomic E-state index is 0.0914. The molecule has 0 spiro atoms. The summed E-state index contributed by atoms with van der Waals surface area (Å²) < 4.78 is 5.57. The Balaban J connectivity index is 1.79. The van der Waals surface area contributed by atoms with Crippen molar-refractivity contribution < 1.29 is 4.74 Å². The molecule has 1 fully saturated rings. The minimum atomic E-state index is 0.0914. The fraction of sp³-hybridized carbons (Fsp3) is 0.714. The summed E-state index contributed by atoms with van der Waals surface area (Å²) in [4.78, 5) is 10.9. The molecule has 1 aromatic rings. The Hall–Kier alpha value is -1.16. The maximum absolute atomic E-state index is 5.57. The van der Waals surface area contributed by atoms with E-state index in [0.717, 1.165) is 12.1 Å². The quantitative estimate of drug-likeness (QED) is 0.820. The van der Waals surface area contributed by atoms with Crippen LogP contribution in [0.1, 0.15) is 39.2 Å². The van der Waals surface area contributed by atoms with Crippen LogP contribution in [-0.2, 0) is 5.41 Å². The molecule has 2 heterocycles. The average Bonchev–Trinajstić information content (AvgIpc) is 2.82. The van der Waals surface area contributed by atoms with Crippen molar-refractivity contribution in [3.05, 3.63) is 18.0 Å². The van der Waals surface area contributed by atoms with Crippen LogP contribution in [0.3, 0.4) is 0 Å². The zero-order valence-electron chi connectivity index (χ0n) is 11.6. The highest BCUT2D eigenvalue weighted by Gasteiger charge is 2.15. The van der Waals surface area contributed by atoms with Crippen molar-refractivity contribution in [2.24, 2.45) is 0 Å². The van der Waals surface area contributed by atoms with Crippen molar-refractivity contribution in [3.63, 3.8) is 0 Å². The second-order valence-corrected chi connectivity index (χ2v) is 5.90. The highest BCUT2D eigenvalue weighted by Crippen LogP contribution is 2.20. The lowest BCUT2D eigenvalue weighted by Crippen LogP contribution is -2.25. The number of nitrogens with zero attached hydrogens (tertiary/aromatic N) is 3. The van der Waals surface area contributed by atoms with Gasteiger partial charge in [-0.2, -0.15) is 0 Å². The first-order chi connectivity index (χ1) is 8.55. The molecule has 0 aromatic carbocycles. The summed E-state index contributed by atoms with van der Waals surface area (Å²) in [6, 6.07) is 0.488. The lowest BCUT2D eigenvalue weighted by molar-refractivity contribution is 0.225. The molecule has 0 radical (unpaired) electrons. The van der Waals surface area contributed by atoms with Crippen LogP contribution in [0.2, 0.25) is 0 Å². The molecule has 2 rings (SSSR count). The zero-order valence-corrected chi connectivity index (χ0v) is 11.6. The third-order valence-electron chi connectivity index (χ3n) is 3.33. The van der Waals surface area contributed by atoms with Gasteiger partial charge < -0.3 is 4.74 Å². The summed E-state index contributed by atoms with van der Waals surface area (Å²) in [5.74, 6) is 0. The molecule has 4 nitrogen and oxygen atoms in total. The number of ether oxygens (including phenoxy) is 1. The van der Waals surface area contributed by atoms with Gasteiger partial charge in [0.2, 0.25) is 0 Å². The Kier molecular flexibility index (Phi) is 4.17. The van der Waals surface area contributed by atoms with Gasteiger partial charge in [-0.1, -0.05) is 20.8 Å². The smallest absolute Gasteiger partial charge is 0.316 e. The molecular formula is C14H23N3O. The fourth-order valence-electron chi connectivity index (χ4n) is 2.05. The molecule has 18 heavy (non-hydrogen) atoms. The third kappa shape index (κ3) is 3.67. The van der Waals surface area contributed by atoms with Gasteiger partial charge in [-0.25, -0.2) is 9.97 Å². The molecular weight excluding hydrogens is 226 g/mol. The van der Waals surface area contributed by atoms with E-state index in [2.05, 4.69) is 35.6 Å². The Morgan fingerprint density at radius 3 is 2.33 bits per heavy atom. The Morgan fingerprint density at radius 2 is 1.78 bits per heavy atom. The number of aromatic nitrogens is 2. The van der Waals surface area contributed by atoms with E-state index in [1.54, 1.807) is 0 Å². The van der Waals surface area contributed by atoms with Gasteiger partial charge in [0.05, 0.1) is 0 Å². The van der Waals surface area contributed by atoms with E-state index in [1.807, 2.05) is 12.4 Å². The lowest BCUT2D eigenvalue weighted by atomic mass is 9.89. The van der Waals surface area contributed by atoms with E-state index < -0.39 is 0 Å². The van der Waals surface area contributed by atoms with Crippen molar-refractivity contribution in [2.45, 2.75) is 39.0 Å². The number of likely N-dealkylation sites (tertiary alicyclic amines) is 1. The van der Waals surface area contributed by atoms with Crippen molar-refractivity contribution in [1.29, 1.82) is 0 Å². The number of rotatable bonds is 4. The minimum Gasteiger partial charge on any atom is -0.462 e. The summed E-state index contributed by atoms with van der Waals surface area (Å²) in [6.45, 7) is 10.5. The van der Waals surface area contributed by atoms with Crippen LogP contribution in [0, 0.1) is 0 Å². The van der Waals surface area contributed by atoms with Crippen LogP contribution >= 0.6 is 0 Å². The second-order valence-electron chi connectivity index (χ2n) is 5.90. The van der Waals surface area contributed by atoms with Crippen LogP contribution in [0.4, 0.5) is 0 Å². The van der Waals surface area contributed by atoms with Crippen LogP contribution in [0.25, 0.3) is 0 Å². The van der Waals surface area contributed by atoms with E-state index in [-0.39, 0.29) is 5.41 Å². The monoisotopic (exact) mass is 249 g/mol. The molecule has 1 aliphatic heterocycles. The van der Waals surface area contributed by atoms with Crippen LogP contribution in [0.15, 0.2) is 12.4 Å². The standard InChI is InChI=1S/C14H23N3O/c1-14(2,3)12-10-15-13(16-11-12)18-9-8-17-6-4-5-7-17/h10-11H,4-9H2,1-3H3. The molecule has 4 heteroatoms. The van der Waals surface area contributed by atoms with Crippen molar-refractivity contribution in [1.82, 2.24) is 14.9 Å². The van der Waals surface area contributed by atoms with Crippen LogP contribution in [-0.4, -0.2) is 41.1 Å². The van der Waals surface area contributed by atoms with E-state index in [1.165, 1.54) is 25.9 Å². The first-order valence-corrected chi connectivity index (χ1v) is 6.73. The van der Waals surface area contributed by atoms with E-state index >= 15 is 0 Å². The van der Waals surface area contributed by atoms with E-state index in [0.29, 0.717) is 12.6 Å². The number of hydrogen-bond donors (Lipinski definition) is 0. The van der Waals surface area contributed by atoms with Crippen LogP contribution < -0.4 is 4.74 Å². The fourth-order valence-corrected chi connectivity index (χ4v) is 2.05. The SMILES string of the molecule is CC(C)(C)c1cnc(OCCN2CCCC2)nc1. The van der Waals surface area contributed by atoms with Crippen molar-refractivity contribution in [2.75, 3.05) is 26.2 Å². The molecule has 0 bridgehead atoms. The molecule has 1 aromatic heterocycles. The Bertz CT molecular complexity index is 364. The molecule has 1 aliphatic rings. The van der Waals surface area contributed by atoms with Crippen molar-refractivity contribution in [3.8, 4) is 6.01 Å². The summed E-state index contributed by atoms with van der Waals surface area (Å²) in [7, 11) is 0. The predicted molar refractivity (Wildman–Crippen MR) is 71.9 cm³/mol. The maximum Gasteiger partial charge on any atom is 0.316 e. The highest BCUT2D eigenvalue weighted by atomic mass is 16.5. The van der Waals surface area contributed by atoms with Crippen LogP contribution in [0.5, 0.6) is 6.01 Å². The third-order valence-corrected chi connectivity index (χ3v) is 3.33. The topological polar surface area (TPSA) is 38.2 Å². The van der Waals surface area contributed by atoms with Gasteiger partial charge in [-0.05, 0) is 36.9 Å². The zero-order chi connectivity index (χ0) is 13.0. The predicted octanol–water partition coefficient (Wildman–Crippen LogP) is 2.25. The van der Waals surface area contributed by atoms with Gasteiger partial charge in [0, 0.05) is 18.9 Å². The first-order valence-electron chi connectivity index (χ1n) is 6.73. The van der Waals surface area contributed by atoms with Gasteiger partial charge in [0.25, 0.3) is 0 Å². The van der Waals surface area contributed by atoms with Crippen molar-refractivity contribution >= 4 is 0 Å². The van der Waals surface area contributed by atoms with Gasteiger partial charge in [0.15, 0.2) is 0 Å². The average molecular weight is 249 g/mol. The van der Waals surface area contributed by atoms with Gasteiger partial charge in [0.1, 0.15) is 6.61 Å². The summed E-state index contributed by atoms with van der Waals surface area (Å²) in [5.41, 5.74) is 1.23. The Morgan fingerprint density at radius 1 is 1.17 bits per heavy atom. The molecule has 0 unspecified atom stereocenters. The molecule has 0 aliphatic carbocycles. The normalized spacial score (nSPS) is 17.1. The maximum atomic E-state index is 5.57. The van der Waals surface area contributed by atoms with Gasteiger partial charge >= 0.3 is 6.01 Å². The summed E-state index contributed by atoms with van der Waals surface area (Å²) >= 11 is 0. The van der Waals surface area contributed by atoms with Gasteiger partial charge in [-0.15, -0.1) is 0 Å². The lowest BCUT2D eigenvalue weighted by Gasteiger charge is -2.18. The summed E-state index contributed by atoms with van der Waals surface area (Å²) in [6.07, 6.45) is 6.35. The summed E-state index contributed by atoms with van der Waals surface area (Å²) in [5, 5.41) is 0.